The number of carbonyl (C=O) groups is 3. The topological polar surface area (TPSA) is 84.5 Å². The molecule has 0 saturated heterocycles. The average molecular weight is 705 g/mol. The van der Waals surface area contributed by atoms with Crippen LogP contribution in [0.25, 0.3) is 0 Å². The van der Waals surface area contributed by atoms with E-state index in [0.29, 0.717) is 13.0 Å². The largest absolute Gasteiger partial charge is 0.463 e. The van der Waals surface area contributed by atoms with Gasteiger partial charge >= 0.3 is 5.97 Å². The number of esters is 1. The summed E-state index contributed by atoms with van der Waals surface area (Å²) in [5, 5.41) is 5.86. The first-order valence-electron chi connectivity index (χ1n) is 22.2. The van der Waals surface area contributed by atoms with E-state index in [1.807, 2.05) is 6.92 Å². The van der Waals surface area contributed by atoms with Gasteiger partial charge in [0.1, 0.15) is 12.6 Å². The van der Waals surface area contributed by atoms with Crippen molar-refractivity contribution in [3.63, 3.8) is 0 Å². The van der Waals surface area contributed by atoms with E-state index in [1.165, 1.54) is 167 Å². The predicted octanol–water partition coefficient (Wildman–Crippen LogP) is 12.5. The standard InChI is InChI=1S/C44H84N2O4/c1-4-6-8-10-12-14-16-18-20-22-24-26-28-30-32-34-38-45-42(48)40(39-50-43(49)44(3)36-37-44)46-41(47)35-33-31-29-27-25-23-21-19-17-15-13-11-9-7-5-2/h40H,4-39H2,1-3H3,(H,45,48)(H,46,47). The fourth-order valence-corrected chi connectivity index (χ4v) is 6.84. The fourth-order valence-electron chi connectivity index (χ4n) is 6.84. The smallest absolute Gasteiger partial charge is 0.311 e. The Morgan fingerprint density at radius 1 is 0.520 bits per heavy atom. The van der Waals surface area contributed by atoms with Crippen LogP contribution in [0.15, 0.2) is 0 Å². The van der Waals surface area contributed by atoms with Gasteiger partial charge in [0, 0.05) is 13.0 Å². The minimum Gasteiger partial charge on any atom is -0.463 e. The molecule has 1 fully saturated rings. The van der Waals surface area contributed by atoms with Gasteiger partial charge in [-0.3, -0.25) is 14.4 Å². The number of nitrogens with one attached hydrogen (secondary N) is 2. The lowest BCUT2D eigenvalue weighted by atomic mass is 10.0. The highest BCUT2D eigenvalue weighted by Crippen LogP contribution is 2.46. The lowest BCUT2D eigenvalue weighted by molar-refractivity contribution is -0.151. The Labute approximate surface area is 310 Å². The van der Waals surface area contributed by atoms with Gasteiger partial charge in [-0.1, -0.05) is 200 Å². The molecular formula is C44H84N2O4. The zero-order valence-corrected chi connectivity index (χ0v) is 33.7. The molecule has 0 radical (unpaired) electrons. The SMILES string of the molecule is CCCCCCCCCCCCCCCCCCNC(=O)C(COC(=O)C1(C)CC1)NC(=O)CCCCCCCCCCCCCCCCC. The molecule has 1 atom stereocenters. The Bertz CT molecular complexity index is 812. The normalized spacial score (nSPS) is 14.0. The molecule has 1 aliphatic carbocycles. The summed E-state index contributed by atoms with van der Waals surface area (Å²) in [5.41, 5.74) is -0.410. The highest BCUT2D eigenvalue weighted by atomic mass is 16.5. The molecule has 1 unspecified atom stereocenters. The quantitative estimate of drug-likeness (QED) is 0.0495. The van der Waals surface area contributed by atoms with Crippen LogP contribution in [0.5, 0.6) is 0 Å². The van der Waals surface area contributed by atoms with E-state index in [1.54, 1.807) is 0 Å². The summed E-state index contributed by atoms with van der Waals surface area (Å²) >= 11 is 0. The predicted molar refractivity (Wildman–Crippen MR) is 212 cm³/mol. The molecule has 0 spiro atoms. The van der Waals surface area contributed by atoms with Gasteiger partial charge in [0.25, 0.3) is 0 Å². The molecule has 1 rings (SSSR count). The maximum absolute atomic E-state index is 13.0. The Morgan fingerprint density at radius 2 is 0.860 bits per heavy atom. The number of hydrogen-bond acceptors (Lipinski definition) is 4. The molecule has 2 amide bonds. The van der Waals surface area contributed by atoms with Crippen molar-refractivity contribution in [1.82, 2.24) is 10.6 Å². The van der Waals surface area contributed by atoms with Crippen LogP contribution in [0.4, 0.5) is 0 Å². The number of amides is 2. The highest BCUT2D eigenvalue weighted by Gasteiger charge is 2.46. The summed E-state index contributed by atoms with van der Waals surface area (Å²) in [6.07, 6.45) is 42.4. The first-order valence-corrected chi connectivity index (χ1v) is 22.2. The van der Waals surface area contributed by atoms with Crippen LogP contribution in [0.3, 0.4) is 0 Å². The second-order valence-electron chi connectivity index (χ2n) is 16.1. The number of carbonyl (C=O) groups excluding carboxylic acids is 3. The number of hydrogen-bond donors (Lipinski definition) is 2. The Hall–Kier alpha value is -1.59. The van der Waals surface area contributed by atoms with E-state index in [-0.39, 0.29) is 24.4 Å². The zero-order valence-electron chi connectivity index (χ0n) is 33.7. The highest BCUT2D eigenvalue weighted by molar-refractivity contribution is 5.88. The van der Waals surface area contributed by atoms with Gasteiger partial charge < -0.3 is 15.4 Å². The van der Waals surface area contributed by atoms with Crippen molar-refractivity contribution in [2.45, 2.75) is 245 Å². The van der Waals surface area contributed by atoms with Gasteiger partial charge in [-0.2, -0.15) is 0 Å². The molecule has 0 aliphatic heterocycles. The fraction of sp³-hybridized carbons (Fsp3) is 0.932. The Morgan fingerprint density at radius 3 is 1.22 bits per heavy atom. The van der Waals surface area contributed by atoms with Crippen LogP contribution in [0, 0.1) is 5.41 Å². The maximum Gasteiger partial charge on any atom is 0.311 e. The maximum atomic E-state index is 13.0. The molecule has 0 heterocycles. The minimum atomic E-state index is -0.828. The Balaban J connectivity index is 2.11. The molecule has 50 heavy (non-hydrogen) atoms. The first kappa shape index (κ1) is 46.4. The molecule has 0 aromatic heterocycles. The first-order chi connectivity index (χ1) is 24.4. The van der Waals surface area contributed by atoms with Crippen LogP contribution in [-0.2, 0) is 19.1 Å². The summed E-state index contributed by atoms with van der Waals surface area (Å²) in [5.74, 6) is -0.634. The van der Waals surface area contributed by atoms with Crippen molar-refractivity contribution in [3.05, 3.63) is 0 Å². The van der Waals surface area contributed by atoms with Crippen LogP contribution >= 0.6 is 0 Å². The van der Waals surface area contributed by atoms with Crippen molar-refractivity contribution < 1.29 is 19.1 Å². The van der Waals surface area contributed by atoms with E-state index in [4.69, 9.17) is 4.74 Å². The molecule has 0 aromatic carbocycles. The Kier molecular flexibility index (Phi) is 30.9. The summed E-state index contributed by atoms with van der Waals surface area (Å²) in [4.78, 5) is 38.2. The van der Waals surface area contributed by atoms with E-state index < -0.39 is 11.5 Å². The molecule has 1 saturated carbocycles. The molecule has 6 heteroatoms. The van der Waals surface area contributed by atoms with Gasteiger partial charge in [-0.15, -0.1) is 0 Å². The van der Waals surface area contributed by atoms with E-state index >= 15 is 0 Å². The number of rotatable bonds is 38. The summed E-state index contributed by atoms with van der Waals surface area (Å²) in [6, 6.07) is -0.828. The lowest BCUT2D eigenvalue weighted by Crippen LogP contribution is -2.50. The number of ether oxygens (including phenoxy) is 1. The van der Waals surface area contributed by atoms with Crippen LogP contribution < -0.4 is 10.6 Å². The molecule has 2 N–H and O–H groups in total. The van der Waals surface area contributed by atoms with Crippen LogP contribution in [0.1, 0.15) is 239 Å². The molecular weight excluding hydrogens is 620 g/mol. The van der Waals surface area contributed by atoms with Crippen molar-refractivity contribution in [2.75, 3.05) is 13.2 Å². The minimum absolute atomic E-state index is 0.0934. The zero-order chi connectivity index (χ0) is 36.4. The van der Waals surface area contributed by atoms with Gasteiger partial charge in [0.05, 0.1) is 5.41 Å². The van der Waals surface area contributed by atoms with E-state index in [9.17, 15) is 14.4 Å². The summed E-state index contributed by atoms with van der Waals surface area (Å²) in [7, 11) is 0. The van der Waals surface area contributed by atoms with Gasteiger partial charge in [0.15, 0.2) is 0 Å². The molecule has 0 aromatic rings. The van der Waals surface area contributed by atoms with Crippen molar-refractivity contribution in [3.8, 4) is 0 Å². The third kappa shape index (κ3) is 28.1. The van der Waals surface area contributed by atoms with Crippen LogP contribution in [0.2, 0.25) is 0 Å². The average Bonchev–Trinajstić information content (AvgIpc) is 3.87. The van der Waals surface area contributed by atoms with E-state index in [0.717, 1.165) is 44.9 Å². The van der Waals surface area contributed by atoms with Gasteiger partial charge in [-0.05, 0) is 32.6 Å². The van der Waals surface area contributed by atoms with Gasteiger partial charge in [0.2, 0.25) is 11.8 Å². The number of unbranched alkanes of at least 4 members (excludes halogenated alkanes) is 29. The second kappa shape index (κ2) is 33.3. The van der Waals surface area contributed by atoms with Crippen molar-refractivity contribution in [2.24, 2.45) is 5.41 Å². The molecule has 1 aliphatic rings. The van der Waals surface area contributed by atoms with Crippen molar-refractivity contribution in [1.29, 1.82) is 0 Å². The van der Waals surface area contributed by atoms with Crippen molar-refractivity contribution >= 4 is 17.8 Å². The lowest BCUT2D eigenvalue weighted by Gasteiger charge is -2.19. The summed E-state index contributed by atoms with van der Waals surface area (Å²) in [6.45, 7) is 6.95. The third-order valence-corrected chi connectivity index (χ3v) is 10.9. The second-order valence-corrected chi connectivity index (χ2v) is 16.1. The van der Waals surface area contributed by atoms with Gasteiger partial charge in [-0.25, -0.2) is 0 Å². The molecule has 6 nitrogen and oxygen atoms in total. The third-order valence-electron chi connectivity index (χ3n) is 10.9. The molecule has 294 valence electrons. The summed E-state index contributed by atoms with van der Waals surface area (Å²) < 4.78 is 5.51. The monoisotopic (exact) mass is 705 g/mol. The van der Waals surface area contributed by atoms with E-state index in [2.05, 4.69) is 24.5 Å². The molecule has 0 bridgehead atoms. The van der Waals surface area contributed by atoms with Crippen LogP contribution in [-0.4, -0.2) is 37.0 Å².